The Morgan fingerprint density at radius 2 is 2.11 bits per heavy atom. The van der Waals surface area contributed by atoms with Gasteiger partial charge in [-0.25, -0.2) is 0 Å². The summed E-state index contributed by atoms with van der Waals surface area (Å²) in [6.07, 6.45) is 3.41. The molecule has 1 aliphatic rings. The summed E-state index contributed by atoms with van der Waals surface area (Å²) in [5, 5.41) is 8.92. The lowest BCUT2D eigenvalue weighted by Gasteiger charge is -2.21. The number of hydrogen-bond donors (Lipinski definition) is 2. The molecule has 1 fully saturated rings. The lowest BCUT2D eigenvalue weighted by molar-refractivity contribution is -0.131. The van der Waals surface area contributed by atoms with Gasteiger partial charge in [0.1, 0.15) is 0 Å². The first-order valence-corrected chi connectivity index (χ1v) is 7.00. The van der Waals surface area contributed by atoms with Gasteiger partial charge in [-0.2, -0.15) is 0 Å². The maximum absolute atomic E-state index is 12.0. The fourth-order valence-electron chi connectivity index (χ4n) is 2.32. The van der Waals surface area contributed by atoms with Crippen LogP contribution in [0.3, 0.4) is 0 Å². The van der Waals surface area contributed by atoms with E-state index in [1.54, 1.807) is 0 Å². The van der Waals surface area contributed by atoms with E-state index in [0.29, 0.717) is 13.0 Å². The van der Waals surface area contributed by atoms with Gasteiger partial charge in [0.05, 0.1) is 6.61 Å². The first-order valence-electron chi connectivity index (χ1n) is 7.00. The Kier molecular flexibility index (Phi) is 7.23. The second-order valence-electron chi connectivity index (χ2n) is 5.17. The standard InChI is InChI=1S/C13H27N3O2/c1-12(14)4-2-5-13(18)16-7-3-6-15(8-9-16)10-11-17/h12,17H,2-11,14H2,1H3. The summed E-state index contributed by atoms with van der Waals surface area (Å²) < 4.78 is 0. The Morgan fingerprint density at radius 1 is 1.33 bits per heavy atom. The number of aliphatic hydroxyl groups excluding tert-OH is 1. The molecule has 0 spiro atoms. The number of carbonyl (C=O) groups is 1. The predicted molar refractivity (Wildman–Crippen MR) is 72.2 cm³/mol. The Morgan fingerprint density at radius 3 is 2.78 bits per heavy atom. The van der Waals surface area contributed by atoms with Gasteiger partial charge >= 0.3 is 0 Å². The van der Waals surface area contributed by atoms with Crippen molar-refractivity contribution in [2.45, 2.75) is 38.6 Å². The summed E-state index contributed by atoms with van der Waals surface area (Å²) in [4.78, 5) is 16.2. The van der Waals surface area contributed by atoms with Crippen LogP contribution in [0.5, 0.6) is 0 Å². The van der Waals surface area contributed by atoms with Crippen molar-refractivity contribution in [3.05, 3.63) is 0 Å². The highest BCUT2D eigenvalue weighted by Crippen LogP contribution is 2.07. The summed E-state index contributed by atoms with van der Waals surface area (Å²) in [7, 11) is 0. The molecule has 0 aromatic carbocycles. The molecule has 1 amide bonds. The van der Waals surface area contributed by atoms with Crippen molar-refractivity contribution in [3.8, 4) is 0 Å². The second kappa shape index (κ2) is 8.45. The average Bonchev–Trinajstić information content (AvgIpc) is 2.54. The van der Waals surface area contributed by atoms with E-state index < -0.39 is 0 Å². The third-order valence-corrected chi connectivity index (χ3v) is 3.41. The number of rotatable bonds is 6. The highest BCUT2D eigenvalue weighted by atomic mass is 16.3. The second-order valence-corrected chi connectivity index (χ2v) is 5.17. The molecule has 1 atom stereocenters. The molecule has 0 aromatic heterocycles. The van der Waals surface area contributed by atoms with Gasteiger partial charge in [-0.3, -0.25) is 9.69 Å². The molecule has 1 heterocycles. The number of β-amino-alcohol motifs (C(OH)–C–C–N with tert-alkyl or cyclic N) is 1. The number of amides is 1. The van der Waals surface area contributed by atoms with Crippen LogP contribution in [0.1, 0.15) is 32.6 Å². The average molecular weight is 257 g/mol. The van der Waals surface area contributed by atoms with Crippen LogP contribution in [-0.4, -0.2) is 66.2 Å². The summed E-state index contributed by atoms with van der Waals surface area (Å²) >= 11 is 0. The van der Waals surface area contributed by atoms with Gasteiger partial charge < -0.3 is 15.7 Å². The van der Waals surface area contributed by atoms with Crippen molar-refractivity contribution in [2.24, 2.45) is 5.73 Å². The van der Waals surface area contributed by atoms with Gasteiger partial charge in [0.15, 0.2) is 0 Å². The monoisotopic (exact) mass is 257 g/mol. The van der Waals surface area contributed by atoms with E-state index in [0.717, 1.165) is 45.4 Å². The molecule has 0 bridgehead atoms. The number of hydrogen-bond acceptors (Lipinski definition) is 4. The number of carbonyl (C=O) groups excluding carboxylic acids is 1. The Bertz CT molecular complexity index is 246. The molecule has 0 aliphatic carbocycles. The van der Waals surface area contributed by atoms with E-state index >= 15 is 0 Å². The highest BCUT2D eigenvalue weighted by Gasteiger charge is 2.18. The van der Waals surface area contributed by atoms with Crippen molar-refractivity contribution < 1.29 is 9.90 Å². The van der Waals surface area contributed by atoms with Gasteiger partial charge in [-0.15, -0.1) is 0 Å². The molecule has 1 aliphatic heterocycles. The fraction of sp³-hybridized carbons (Fsp3) is 0.923. The smallest absolute Gasteiger partial charge is 0.222 e. The summed E-state index contributed by atoms with van der Waals surface area (Å²) in [5.74, 6) is 0.251. The Balaban J connectivity index is 2.26. The first kappa shape index (κ1) is 15.4. The van der Waals surface area contributed by atoms with Gasteiger partial charge in [0.2, 0.25) is 5.91 Å². The lowest BCUT2D eigenvalue weighted by Crippen LogP contribution is -2.35. The molecule has 0 radical (unpaired) electrons. The maximum atomic E-state index is 12.0. The van der Waals surface area contributed by atoms with Gasteiger partial charge in [-0.1, -0.05) is 0 Å². The molecule has 1 rings (SSSR count). The lowest BCUT2D eigenvalue weighted by atomic mass is 10.1. The van der Waals surface area contributed by atoms with E-state index in [1.807, 2.05) is 11.8 Å². The molecule has 3 N–H and O–H groups in total. The van der Waals surface area contributed by atoms with Crippen LogP contribution >= 0.6 is 0 Å². The molecular formula is C13H27N3O2. The van der Waals surface area contributed by atoms with Gasteiger partial charge in [0.25, 0.3) is 0 Å². The van der Waals surface area contributed by atoms with E-state index in [9.17, 15) is 4.79 Å². The summed E-state index contributed by atoms with van der Waals surface area (Å²) in [5.41, 5.74) is 5.68. The van der Waals surface area contributed by atoms with Crippen molar-refractivity contribution >= 4 is 5.91 Å². The normalized spacial score (nSPS) is 19.6. The van der Waals surface area contributed by atoms with Crippen molar-refractivity contribution in [1.82, 2.24) is 9.80 Å². The SMILES string of the molecule is CC(N)CCCC(=O)N1CCCN(CCO)CC1. The van der Waals surface area contributed by atoms with Crippen LogP contribution in [0.4, 0.5) is 0 Å². The molecular weight excluding hydrogens is 230 g/mol. The summed E-state index contributed by atoms with van der Waals surface area (Å²) in [6.45, 7) is 6.37. The van der Waals surface area contributed by atoms with Crippen LogP contribution < -0.4 is 5.73 Å². The molecule has 0 aromatic rings. The largest absolute Gasteiger partial charge is 0.395 e. The predicted octanol–water partition coefficient (Wildman–Crippen LogP) is 0.0305. The summed E-state index contributed by atoms with van der Waals surface area (Å²) in [6, 6.07) is 0.182. The third-order valence-electron chi connectivity index (χ3n) is 3.41. The van der Waals surface area contributed by atoms with E-state index in [-0.39, 0.29) is 18.6 Å². The van der Waals surface area contributed by atoms with Crippen molar-refractivity contribution in [1.29, 1.82) is 0 Å². The van der Waals surface area contributed by atoms with Crippen molar-refractivity contribution in [2.75, 3.05) is 39.3 Å². The van der Waals surface area contributed by atoms with E-state index in [4.69, 9.17) is 10.8 Å². The van der Waals surface area contributed by atoms with Gasteiger partial charge in [-0.05, 0) is 32.7 Å². The van der Waals surface area contributed by atoms with Gasteiger partial charge in [0, 0.05) is 38.6 Å². The topological polar surface area (TPSA) is 69.8 Å². The Hall–Kier alpha value is -0.650. The minimum atomic E-state index is 0.182. The molecule has 18 heavy (non-hydrogen) atoms. The first-order chi connectivity index (χ1) is 8.63. The fourth-order valence-corrected chi connectivity index (χ4v) is 2.32. The number of aliphatic hydroxyl groups is 1. The van der Waals surface area contributed by atoms with Crippen LogP contribution in [0.25, 0.3) is 0 Å². The van der Waals surface area contributed by atoms with Crippen LogP contribution in [0.15, 0.2) is 0 Å². The van der Waals surface area contributed by atoms with Crippen LogP contribution in [0.2, 0.25) is 0 Å². The zero-order valence-corrected chi connectivity index (χ0v) is 11.5. The van der Waals surface area contributed by atoms with E-state index in [1.165, 1.54) is 0 Å². The third kappa shape index (κ3) is 5.80. The minimum Gasteiger partial charge on any atom is -0.395 e. The molecule has 1 saturated heterocycles. The molecule has 0 saturated carbocycles. The zero-order chi connectivity index (χ0) is 13.4. The minimum absolute atomic E-state index is 0.182. The molecule has 106 valence electrons. The Labute approximate surface area is 110 Å². The van der Waals surface area contributed by atoms with E-state index in [2.05, 4.69) is 4.90 Å². The molecule has 5 heteroatoms. The van der Waals surface area contributed by atoms with Crippen LogP contribution in [0, 0.1) is 0 Å². The molecule has 5 nitrogen and oxygen atoms in total. The van der Waals surface area contributed by atoms with Crippen LogP contribution in [-0.2, 0) is 4.79 Å². The molecule has 1 unspecified atom stereocenters. The highest BCUT2D eigenvalue weighted by molar-refractivity contribution is 5.76. The quantitative estimate of drug-likeness (QED) is 0.704. The number of nitrogens with zero attached hydrogens (tertiary/aromatic N) is 2. The maximum Gasteiger partial charge on any atom is 0.222 e. The van der Waals surface area contributed by atoms with Crippen molar-refractivity contribution in [3.63, 3.8) is 0 Å². The number of nitrogens with two attached hydrogens (primary N) is 1. The zero-order valence-electron chi connectivity index (χ0n) is 11.5.